The Kier molecular flexibility index (Phi) is 4.39. The summed E-state index contributed by atoms with van der Waals surface area (Å²) in [6.45, 7) is 1.80. The first-order chi connectivity index (χ1) is 9.45. The number of carbonyl (C=O) groups is 1. The van der Waals surface area contributed by atoms with E-state index >= 15 is 0 Å². The van der Waals surface area contributed by atoms with Crippen molar-refractivity contribution in [2.75, 3.05) is 5.73 Å². The summed E-state index contributed by atoms with van der Waals surface area (Å²) in [4.78, 5) is 12.0. The van der Waals surface area contributed by atoms with Crippen LogP contribution in [0.15, 0.2) is 40.9 Å². The molecule has 3 nitrogen and oxygen atoms in total. The summed E-state index contributed by atoms with van der Waals surface area (Å²) >= 11 is 3.19. The Morgan fingerprint density at radius 3 is 2.75 bits per heavy atom. The number of nitrogens with two attached hydrogens (primary N) is 1. The molecule has 2 aromatic rings. The molecule has 0 heterocycles. The van der Waals surface area contributed by atoms with E-state index in [1.807, 2.05) is 0 Å². The van der Waals surface area contributed by atoms with Crippen LogP contribution in [-0.4, -0.2) is 5.97 Å². The predicted molar refractivity (Wildman–Crippen MR) is 78.8 cm³/mol. The van der Waals surface area contributed by atoms with Crippen LogP contribution in [0.3, 0.4) is 0 Å². The van der Waals surface area contributed by atoms with Crippen LogP contribution in [-0.2, 0) is 11.3 Å². The summed E-state index contributed by atoms with van der Waals surface area (Å²) in [5.74, 6) is -0.860. The molecule has 0 saturated carbocycles. The molecule has 0 aromatic heterocycles. The fourth-order valence-corrected chi connectivity index (χ4v) is 2.29. The van der Waals surface area contributed by atoms with Gasteiger partial charge in [-0.15, -0.1) is 0 Å². The van der Waals surface area contributed by atoms with Gasteiger partial charge in [0.15, 0.2) is 0 Å². The highest BCUT2D eigenvalue weighted by molar-refractivity contribution is 9.10. The average molecular weight is 338 g/mol. The van der Waals surface area contributed by atoms with E-state index in [-0.39, 0.29) is 12.4 Å². The number of benzene rings is 2. The fourth-order valence-electron chi connectivity index (χ4n) is 1.78. The molecule has 2 rings (SSSR count). The van der Waals surface area contributed by atoms with E-state index in [4.69, 9.17) is 10.5 Å². The van der Waals surface area contributed by atoms with E-state index in [1.165, 1.54) is 12.1 Å². The van der Waals surface area contributed by atoms with E-state index in [9.17, 15) is 9.18 Å². The summed E-state index contributed by atoms with van der Waals surface area (Å²) < 4.78 is 19.0. The van der Waals surface area contributed by atoms with Crippen molar-refractivity contribution in [3.8, 4) is 0 Å². The van der Waals surface area contributed by atoms with Crippen LogP contribution in [0.2, 0.25) is 0 Å². The third kappa shape index (κ3) is 3.57. The number of esters is 1. The molecule has 0 aliphatic carbocycles. The molecule has 104 valence electrons. The highest BCUT2D eigenvalue weighted by Crippen LogP contribution is 2.18. The lowest BCUT2D eigenvalue weighted by molar-refractivity contribution is 0.0471. The van der Waals surface area contributed by atoms with Gasteiger partial charge in [-0.1, -0.05) is 22.0 Å². The van der Waals surface area contributed by atoms with Crippen LogP contribution in [0.5, 0.6) is 0 Å². The fraction of sp³-hybridized carbons (Fsp3) is 0.133. The average Bonchev–Trinajstić information content (AvgIpc) is 2.38. The smallest absolute Gasteiger partial charge is 0.338 e. The maximum Gasteiger partial charge on any atom is 0.338 e. The zero-order valence-electron chi connectivity index (χ0n) is 10.8. The lowest BCUT2D eigenvalue weighted by Gasteiger charge is -2.08. The van der Waals surface area contributed by atoms with Crippen molar-refractivity contribution in [3.63, 3.8) is 0 Å². The SMILES string of the molecule is Cc1ccc(N)cc1C(=O)OCc1cc(F)cc(Br)c1. The number of carbonyl (C=O) groups excluding carboxylic acids is 1. The quantitative estimate of drug-likeness (QED) is 0.683. The first kappa shape index (κ1) is 14.5. The van der Waals surface area contributed by atoms with Crippen molar-refractivity contribution in [2.45, 2.75) is 13.5 Å². The van der Waals surface area contributed by atoms with Gasteiger partial charge in [-0.05, 0) is 48.4 Å². The van der Waals surface area contributed by atoms with Crippen LogP contribution < -0.4 is 5.73 Å². The van der Waals surface area contributed by atoms with Gasteiger partial charge in [0.25, 0.3) is 0 Å². The van der Waals surface area contributed by atoms with Crippen molar-refractivity contribution in [1.82, 2.24) is 0 Å². The molecule has 20 heavy (non-hydrogen) atoms. The number of hydrogen-bond acceptors (Lipinski definition) is 3. The summed E-state index contributed by atoms with van der Waals surface area (Å²) in [6.07, 6.45) is 0. The lowest BCUT2D eigenvalue weighted by Crippen LogP contribution is -2.08. The van der Waals surface area contributed by atoms with E-state index in [0.29, 0.717) is 21.3 Å². The molecule has 0 aliphatic heterocycles. The Labute approximate surface area is 124 Å². The Balaban J connectivity index is 2.10. The molecule has 0 spiro atoms. The summed E-state index contributed by atoms with van der Waals surface area (Å²) in [6, 6.07) is 9.40. The van der Waals surface area contributed by atoms with Crippen molar-refractivity contribution in [2.24, 2.45) is 0 Å². The highest BCUT2D eigenvalue weighted by Gasteiger charge is 2.11. The summed E-state index contributed by atoms with van der Waals surface area (Å²) in [5, 5.41) is 0. The van der Waals surface area contributed by atoms with Crippen LogP contribution >= 0.6 is 15.9 Å². The molecular formula is C15H13BrFNO2. The van der Waals surface area contributed by atoms with E-state index in [0.717, 1.165) is 5.56 Å². The third-order valence-electron chi connectivity index (χ3n) is 2.77. The third-order valence-corrected chi connectivity index (χ3v) is 3.23. The minimum atomic E-state index is -0.477. The zero-order chi connectivity index (χ0) is 14.7. The molecule has 0 amide bonds. The molecule has 2 N–H and O–H groups in total. The Morgan fingerprint density at radius 1 is 1.30 bits per heavy atom. The van der Waals surface area contributed by atoms with Gasteiger partial charge in [-0.3, -0.25) is 0 Å². The summed E-state index contributed by atoms with van der Waals surface area (Å²) in [5.41, 5.74) is 7.92. The number of nitrogen functional groups attached to an aromatic ring is 1. The second-order valence-corrected chi connectivity index (χ2v) is 5.34. The normalized spacial score (nSPS) is 10.3. The molecule has 0 unspecified atom stereocenters. The molecule has 0 atom stereocenters. The molecule has 0 fully saturated rings. The maximum absolute atomic E-state index is 13.2. The Morgan fingerprint density at radius 2 is 2.05 bits per heavy atom. The largest absolute Gasteiger partial charge is 0.457 e. The molecule has 2 aromatic carbocycles. The van der Waals surface area contributed by atoms with E-state index < -0.39 is 5.97 Å². The van der Waals surface area contributed by atoms with E-state index in [2.05, 4.69) is 15.9 Å². The maximum atomic E-state index is 13.2. The van der Waals surface area contributed by atoms with Crippen molar-refractivity contribution >= 4 is 27.6 Å². The van der Waals surface area contributed by atoms with Gasteiger partial charge in [0.1, 0.15) is 12.4 Å². The Hall–Kier alpha value is -1.88. The number of halogens is 2. The second kappa shape index (κ2) is 6.05. The van der Waals surface area contributed by atoms with Gasteiger partial charge >= 0.3 is 5.97 Å². The van der Waals surface area contributed by atoms with Crippen molar-refractivity contribution in [3.05, 3.63) is 63.4 Å². The van der Waals surface area contributed by atoms with Gasteiger partial charge in [-0.25, -0.2) is 9.18 Å². The van der Waals surface area contributed by atoms with Crippen LogP contribution in [0, 0.1) is 12.7 Å². The van der Waals surface area contributed by atoms with Crippen LogP contribution in [0.25, 0.3) is 0 Å². The van der Waals surface area contributed by atoms with Gasteiger partial charge in [0.05, 0.1) is 5.56 Å². The van der Waals surface area contributed by atoms with Crippen molar-refractivity contribution < 1.29 is 13.9 Å². The van der Waals surface area contributed by atoms with Gasteiger partial charge in [-0.2, -0.15) is 0 Å². The first-order valence-corrected chi connectivity index (χ1v) is 6.73. The van der Waals surface area contributed by atoms with Gasteiger partial charge in [0.2, 0.25) is 0 Å². The number of ether oxygens (including phenoxy) is 1. The minimum Gasteiger partial charge on any atom is -0.457 e. The number of aryl methyl sites for hydroxylation is 1. The van der Waals surface area contributed by atoms with Crippen LogP contribution in [0.1, 0.15) is 21.5 Å². The lowest BCUT2D eigenvalue weighted by atomic mass is 10.1. The topological polar surface area (TPSA) is 52.3 Å². The first-order valence-electron chi connectivity index (χ1n) is 5.94. The number of rotatable bonds is 3. The van der Waals surface area contributed by atoms with Gasteiger partial charge in [0, 0.05) is 10.2 Å². The molecule has 0 saturated heterocycles. The second-order valence-electron chi connectivity index (χ2n) is 4.43. The molecule has 0 bridgehead atoms. The van der Waals surface area contributed by atoms with Gasteiger partial charge < -0.3 is 10.5 Å². The van der Waals surface area contributed by atoms with Crippen LogP contribution in [0.4, 0.5) is 10.1 Å². The summed E-state index contributed by atoms with van der Waals surface area (Å²) in [7, 11) is 0. The number of hydrogen-bond donors (Lipinski definition) is 1. The standard InChI is InChI=1S/C15H13BrFNO2/c1-9-2-3-13(18)7-14(9)15(19)20-8-10-4-11(16)6-12(17)5-10/h2-7H,8,18H2,1H3. The molecule has 0 radical (unpaired) electrons. The number of anilines is 1. The minimum absolute atomic E-state index is 0.00341. The van der Waals surface area contributed by atoms with E-state index in [1.54, 1.807) is 31.2 Å². The molecule has 5 heteroatoms. The Bertz CT molecular complexity index is 638. The molecular weight excluding hydrogens is 325 g/mol. The monoisotopic (exact) mass is 337 g/mol. The predicted octanol–water partition coefficient (Wildman–Crippen LogP) is 3.84. The molecule has 0 aliphatic rings. The highest BCUT2D eigenvalue weighted by atomic mass is 79.9. The zero-order valence-corrected chi connectivity index (χ0v) is 12.4. The van der Waals surface area contributed by atoms with Crippen molar-refractivity contribution in [1.29, 1.82) is 0 Å².